The minimum Gasteiger partial charge on any atom is -0.491 e. The molecule has 0 bridgehead atoms. The number of rotatable bonds is 6. The van der Waals surface area contributed by atoms with E-state index in [1.165, 1.54) is 0 Å². The molecule has 1 aromatic rings. The van der Waals surface area contributed by atoms with Gasteiger partial charge in [0.1, 0.15) is 12.4 Å². The predicted molar refractivity (Wildman–Crippen MR) is 78.1 cm³/mol. The van der Waals surface area contributed by atoms with Crippen LogP contribution in [-0.2, 0) is 4.74 Å². The van der Waals surface area contributed by atoms with Gasteiger partial charge in [0.05, 0.1) is 18.6 Å². The zero-order chi connectivity index (χ0) is 15.1. The Hall–Kier alpha value is -2.06. The number of carbonyl (C=O) groups excluding carboxylic acids is 1. The van der Waals surface area contributed by atoms with E-state index in [0.29, 0.717) is 30.9 Å². The molecule has 0 aromatic heterocycles. The van der Waals surface area contributed by atoms with Crippen molar-refractivity contribution < 1.29 is 14.3 Å². The largest absolute Gasteiger partial charge is 0.491 e. The van der Waals surface area contributed by atoms with E-state index in [9.17, 15) is 4.79 Å². The summed E-state index contributed by atoms with van der Waals surface area (Å²) in [6.07, 6.45) is 2.59. The Balaban J connectivity index is 1.93. The summed E-state index contributed by atoms with van der Waals surface area (Å²) >= 11 is 0. The van der Waals surface area contributed by atoms with E-state index in [2.05, 4.69) is 0 Å². The Morgan fingerprint density at radius 1 is 1.57 bits per heavy atom. The third-order valence-electron chi connectivity index (χ3n) is 3.45. The molecule has 0 radical (unpaired) electrons. The summed E-state index contributed by atoms with van der Waals surface area (Å²) in [6, 6.07) is 9.16. The molecule has 1 aliphatic rings. The zero-order valence-electron chi connectivity index (χ0n) is 12.2. The molecule has 112 valence electrons. The highest BCUT2D eigenvalue weighted by Crippen LogP contribution is 2.18. The van der Waals surface area contributed by atoms with Gasteiger partial charge >= 0.3 is 0 Å². The van der Waals surface area contributed by atoms with E-state index >= 15 is 0 Å². The highest BCUT2D eigenvalue weighted by molar-refractivity contribution is 5.94. The van der Waals surface area contributed by atoms with E-state index in [0.717, 1.165) is 19.4 Å². The van der Waals surface area contributed by atoms with E-state index in [4.69, 9.17) is 14.7 Å². The highest BCUT2D eigenvalue weighted by atomic mass is 16.5. The van der Waals surface area contributed by atoms with Gasteiger partial charge < -0.3 is 14.4 Å². The first kappa shape index (κ1) is 15.3. The maximum atomic E-state index is 12.2. The number of hydrogen-bond donors (Lipinski definition) is 0. The zero-order valence-corrected chi connectivity index (χ0v) is 12.2. The van der Waals surface area contributed by atoms with Gasteiger partial charge in [0.15, 0.2) is 0 Å². The molecule has 21 heavy (non-hydrogen) atoms. The number of nitriles is 1. The Morgan fingerprint density at radius 2 is 2.43 bits per heavy atom. The van der Waals surface area contributed by atoms with Crippen molar-refractivity contribution in [2.24, 2.45) is 0 Å². The van der Waals surface area contributed by atoms with Crippen molar-refractivity contribution in [1.29, 1.82) is 5.26 Å². The fraction of sp³-hybridized carbons (Fsp3) is 0.500. The average Bonchev–Trinajstić information content (AvgIpc) is 3.03. The molecular weight excluding hydrogens is 268 g/mol. The first-order valence-electron chi connectivity index (χ1n) is 7.17. The van der Waals surface area contributed by atoms with Crippen molar-refractivity contribution >= 4 is 5.91 Å². The van der Waals surface area contributed by atoms with Crippen molar-refractivity contribution in [2.75, 3.05) is 26.8 Å². The normalized spacial score (nSPS) is 17.2. The van der Waals surface area contributed by atoms with Crippen molar-refractivity contribution in [1.82, 2.24) is 4.90 Å². The molecule has 5 nitrogen and oxygen atoms in total. The summed E-state index contributed by atoms with van der Waals surface area (Å²) in [5, 5.41) is 8.57. The SMILES string of the molecule is CN(CCC#N)C(=O)c1cccc(OCC2CCCO2)c1. The minimum absolute atomic E-state index is 0.104. The fourth-order valence-electron chi connectivity index (χ4n) is 2.22. The van der Waals surface area contributed by atoms with E-state index < -0.39 is 0 Å². The number of amides is 1. The van der Waals surface area contributed by atoms with Crippen LogP contribution >= 0.6 is 0 Å². The van der Waals surface area contributed by atoms with Crippen LogP contribution in [0.4, 0.5) is 0 Å². The molecule has 1 atom stereocenters. The van der Waals surface area contributed by atoms with Crippen LogP contribution in [0.5, 0.6) is 5.75 Å². The Kier molecular flexibility index (Phi) is 5.59. The molecule has 0 N–H and O–H groups in total. The molecular formula is C16H20N2O3. The average molecular weight is 288 g/mol. The van der Waals surface area contributed by atoms with E-state index in [1.807, 2.05) is 12.1 Å². The summed E-state index contributed by atoms with van der Waals surface area (Å²) in [4.78, 5) is 13.7. The van der Waals surface area contributed by atoms with E-state index in [-0.39, 0.29) is 12.0 Å². The minimum atomic E-state index is -0.104. The van der Waals surface area contributed by atoms with Gasteiger partial charge in [-0.1, -0.05) is 6.07 Å². The van der Waals surface area contributed by atoms with E-state index in [1.54, 1.807) is 30.1 Å². The Bertz CT molecular complexity index is 518. The molecule has 1 heterocycles. The van der Waals surface area contributed by atoms with Gasteiger partial charge in [-0.05, 0) is 31.0 Å². The van der Waals surface area contributed by atoms with Gasteiger partial charge in [0.25, 0.3) is 5.91 Å². The van der Waals surface area contributed by atoms with Gasteiger partial charge in [-0.3, -0.25) is 4.79 Å². The molecule has 1 unspecified atom stereocenters. The Morgan fingerprint density at radius 3 is 3.14 bits per heavy atom. The lowest BCUT2D eigenvalue weighted by molar-refractivity contribution is 0.0678. The van der Waals surface area contributed by atoms with Gasteiger partial charge in [-0.15, -0.1) is 0 Å². The summed E-state index contributed by atoms with van der Waals surface area (Å²) in [6.45, 7) is 1.74. The molecule has 1 aromatic carbocycles. The van der Waals surface area contributed by atoms with Crippen molar-refractivity contribution in [2.45, 2.75) is 25.4 Å². The van der Waals surface area contributed by atoms with Crippen LogP contribution in [0.15, 0.2) is 24.3 Å². The highest BCUT2D eigenvalue weighted by Gasteiger charge is 2.17. The second kappa shape index (κ2) is 7.65. The second-order valence-corrected chi connectivity index (χ2v) is 5.11. The quantitative estimate of drug-likeness (QED) is 0.805. The van der Waals surface area contributed by atoms with Crippen LogP contribution < -0.4 is 4.74 Å². The van der Waals surface area contributed by atoms with Crippen LogP contribution in [0.25, 0.3) is 0 Å². The number of ether oxygens (including phenoxy) is 2. The molecule has 0 aliphatic carbocycles. The number of benzene rings is 1. The van der Waals surface area contributed by atoms with Gasteiger partial charge in [0, 0.05) is 25.8 Å². The fourth-order valence-corrected chi connectivity index (χ4v) is 2.22. The van der Waals surface area contributed by atoms with Crippen LogP contribution in [-0.4, -0.2) is 43.7 Å². The third kappa shape index (κ3) is 4.47. The molecule has 0 saturated carbocycles. The van der Waals surface area contributed by atoms with Crippen molar-refractivity contribution in [3.63, 3.8) is 0 Å². The summed E-state index contributed by atoms with van der Waals surface area (Å²) in [5.41, 5.74) is 0.570. The van der Waals surface area contributed by atoms with Crippen LogP contribution in [0.3, 0.4) is 0 Å². The topological polar surface area (TPSA) is 62.6 Å². The van der Waals surface area contributed by atoms with Gasteiger partial charge in [-0.25, -0.2) is 0 Å². The second-order valence-electron chi connectivity index (χ2n) is 5.11. The molecule has 1 fully saturated rings. The lowest BCUT2D eigenvalue weighted by atomic mass is 10.2. The van der Waals surface area contributed by atoms with Gasteiger partial charge in [-0.2, -0.15) is 5.26 Å². The molecule has 2 rings (SSSR count). The van der Waals surface area contributed by atoms with Crippen molar-refractivity contribution in [3.8, 4) is 11.8 Å². The lowest BCUT2D eigenvalue weighted by Gasteiger charge is -2.16. The smallest absolute Gasteiger partial charge is 0.253 e. The molecule has 1 saturated heterocycles. The molecule has 1 amide bonds. The summed E-state index contributed by atoms with van der Waals surface area (Å²) in [5.74, 6) is 0.567. The number of carbonyl (C=O) groups is 1. The maximum absolute atomic E-state index is 12.2. The maximum Gasteiger partial charge on any atom is 0.253 e. The number of nitrogens with zero attached hydrogens (tertiary/aromatic N) is 2. The summed E-state index contributed by atoms with van der Waals surface area (Å²) in [7, 11) is 1.69. The summed E-state index contributed by atoms with van der Waals surface area (Å²) < 4.78 is 11.2. The molecule has 1 aliphatic heterocycles. The van der Waals surface area contributed by atoms with Crippen LogP contribution in [0, 0.1) is 11.3 Å². The first-order valence-corrected chi connectivity index (χ1v) is 7.17. The predicted octanol–water partition coefficient (Wildman–Crippen LogP) is 2.23. The number of hydrogen-bond acceptors (Lipinski definition) is 4. The Labute approximate surface area is 125 Å². The van der Waals surface area contributed by atoms with Gasteiger partial charge in [0.2, 0.25) is 0 Å². The lowest BCUT2D eigenvalue weighted by Crippen LogP contribution is -2.27. The monoisotopic (exact) mass is 288 g/mol. The first-order chi connectivity index (χ1) is 10.2. The third-order valence-corrected chi connectivity index (χ3v) is 3.45. The molecule has 0 spiro atoms. The standard InChI is InChI=1S/C16H20N2O3/c1-18(9-4-8-17)16(19)13-5-2-6-14(11-13)21-12-15-7-3-10-20-15/h2,5-6,11,15H,3-4,7,9-10,12H2,1H3. The van der Waals surface area contributed by atoms with Crippen molar-refractivity contribution in [3.05, 3.63) is 29.8 Å². The van der Waals surface area contributed by atoms with Crippen LogP contribution in [0.1, 0.15) is 29.6 Å². The van der Waals surface area contributed by atoms with Crippen LogP contribution in [0.2, 0.25) is 0 Å². The molecule has 5 heteroatoms.